The quantitative estimate of drug-likeness (QED) is 0.796. The van der Waals surface area contributed by atoms with Crippen LogP contribution in [0, 0.1) is 0 Å². The Kier molecular flexibility index (Phi) is 3.22. The molecule has 92 valence electrons. The number of rotatable bonds is 2. The van der Waals surface area contributed by atoms with Gasteiger partial charge in [-0.3, -0.25) is 0 Å². The predicted molar refractivity (Wildman–Crippen MR) is 68.8 cm³/mol. The van der Waals surface area contributed by atoms with Crippen LogP contribution in [0.1, 0.15) is 24.2 Å². The van der Waals surface area contributed by atoms with E-state index in [0.29, 0.717) is 11.6 Å². The molecule has 0 aromatic heterocycles. The Morgan fingerprint density at radius 1 is 1.59 bits per heavy atom. The number of carbonyl (C=O) groups is 1. The SMILES string of the molecule is CCN1c2ccc(C(=O)OC)cc2NCC1C. The van der Waals surface area contributed by atoms with Crippen LogP contribution < -0.4 is 10.2 Å². The van der Waals surface area contributed by atoms with E-state index in [4.69, 9.17) is 4.74 Å². The monoisotopic (exact) mass is 234 g/mol. The van der Waals surface area contributed by atoms with Crippen LogP contribution in [0.25, 0.3) is 0 Å². The van der Waals surface area contributed by atoms with E-state index in [1.165, 1.54) is 7.11 Å². The van der Waals surface area contributed by atoms with Crippen LogP contribution in [0.2, 0.25) is 0 Å². The first-order valence-corrected chi connectivity index (χ1v) is 5.90. The highest BCUT2D eigenvalue weighted by molar-refractivity contribution is 5.92. The Balaban J connectivity index is 2.37. The molecule has 1 heterocycles. The summed E-state index contributed by atoms with van der Waals surface area (Å²) in [7, 11) is 1.40. The van der Waals surface area contributed by atoms with Crippen LogP contribution in [0.15, 0.2) is 18.2 Å². The average molecular weight is 234 g/mol. The second-order valence-corrected chi connectivity index (χ2v) is 4.24. The molecule has 1 aliphatic rings. The van der Waals surface area contributed by atoms with Crippen molar-refractivity contribution in [3.05, 3.63) is 23.8 Å². The van der Waals surface area contributed by atoms with Gasteiger partial charge in [0, 0.05) is 19.1 Å². The fraction of sp³-hybridized carbons (Fsp3) is 0.462. The van der Waals surface area contributed by atoms with Crippen LogP contribution in [0.5, 0.6) is 0 Å². The molecule has 0 aliphatic carbocycles. The van der Waals surface area contributed by atoms with Gasteiger partial charge in [-0.15, -0.1) is 0 Å². The molecular formula is C13H18N2O2. The van der Waals surface area contributed by atoms with Gasteiger partial charge in [0.1, 0.15) is 0 Å². The van der Waals surface area contributed by atoms with E-state index in [2.05, 4.69) is 24.1 Å². The van der Waals surface area contributed by atoms with E-state index in [9.17, 15) is 4.79 Å². The fourth-order valence-corrected chi connectivity index (χ4v) is 2.26. The summed E-state index contributed by atoms with van der Waals surface area (Å²) in [5, 5.41) is 3.35. The smallest absolute Gasteiger partial charge is 0.337 e. The maximum atomic E-state index is 11.5. The second-order valence-electron chi connectivity index (χ2n) is 4.24. The Hall–Kier alpha value is -1.71. The molecule has 17 heavy (non-hydrogen) atoms. The maximum absolute atomic E-state index is 11.5. The normalized spacial score (nSPS) is 18.3. The van der Waals surface area contributed by atoms with Crippen molar-refractivity contribution in [1.29, 1.82) is 0 Å². The number of ether oxygens (including phenoxy) is 1. The minimum Gasteiger partial charge on any atom is -0.465 e. The van der Waals surface area contributed by atoms with Gasteiger partial charge in [-0.1, -0.05) is 0 Å². The van der Waals surface area contributed by atoms with Gasteiger partial charge in [-0.25, -0.2) is 4.79 Å². The zero-order valence-electron chi connectivity index (χ0n) is 10.5. The Labute approximate surface area is 102 Å². The van der Waals surface area contributed by atoms with Crippen LogP contribution in [-0.4, -0.2) is 32.2 Å². The first kappa shape index (κ1) is 11.8. The zero-order valence-corrected chi connectivity index (χ0v) is 10.5. The third-order valence-electron chi connectivity index (χ3n) is 3.19. The number of esters is 1. The Bertz CT molecular complexity index is 431. The third kappa shape index (κ3) is 2.07. The minimum atomic E-state index is -0.295. The van der Waals surface area contributed by atoms with Crippen molar-refractivity contribution in [3.63, 3.8) is 0 Å². The average Bonchev–Trinajstić information content (AvgIpc) is 2.37. The summed E-state index contributed by atoms with van der Waals surface area (Å²) in [6, 6.07) is 6.12. The van der Waals surface area contributed by atoms with Gasteiger partial charge in [-0.2, -0.15) is 0 Å². The summed E-state index contributed by atoms with van der Waals surface area (Å²) in [5.74, 6) is -0.295. The highest BCUT2D eigenvalue weighted by atomic mass is 16.5. The fourth-order valence-electron chi connectivity index (χ4n) is 2.26. The molecule has 1 atom stereocenters. The number of likely N-dealkylation sites (N-methyl/N-ethyl adjacent to an activating group) is 1. The molecule has 1 aromatic rings. The number of nitrogens with zero attached hydrogens (tertiary/aromatic N) is 1. The predicted octanol–water partition coefficient (Wildman–Crippen LogP) is 2.11. The molecule has 4 heteroatoms. The molecule has 0 radical (unpaired) electrons. The molecule has 4 nitrogen and oxygen atoms in total. The molecule has 0 fully saturated rings. The van der Waals surface area contributed by atoms with Gasteiger partial charge in [-0.05, 0) is 32.0 Å². The summed E-state index contributed by atoms with van der Waals surface area (Å²) in [6.07, 6.45) is 0. The van der Waals surface area contributed by atoms with Gasteiger partial charge in [0.2, 0.25) is 0 Å². The van der Waals surface area contributed by atoms with E-state index in [1.807, 2.05) is 18.2 Å². The Morgan fingerprint density at radius 2 is 2.35 bits per heavy atom. The van der Waals surface area contributed by atoms with Crippen molar-refractivity contribution in [3.8, 4) is 0 Å². The molecule has 0 saturated carbocycles. The lowest BCUT2D eigenvalue weighted by molar-refractivity contribution is 0.0601. The van der Waals surface area contributed by atoms with Crippen molar-refractivity contribution in [2.24, 2.45) is 0 Å². The summed E-state index contributed by atoms with van der Waals surface area (Å²) >= 11 is 0. The lowest BCUT2D eigenvalue weighted by atomic mass is 10.1. The number of hydrogen-bond acceptors (Lipinski definition) is 4. The number of benzene rings is 1. The van der Waals surface area contributed by atoms with Crippen molar-refractivity contribution in [2.75, 3.05) is 30.4 Å². The second kappa shape index (κ2) is 4.65. The number of anilines is 2. The molecular weight excluding hydrogens is 216 g/mol. The topological polar surface area (TPSA) is 41.6 Å². The highest BCUT2D eigenvalue weighted by Crippen LogP contribution is 2.32. The molecule has 1 unspecified atom stereocenters. The van der Waals surface area contributed by atoms with Crippen molar-refractivity contribution in [2.45, 2.75) is 19.9 Å². The number of nitrogens with one attached hydrogen (secondary N) is 1. The van der Waals surface area contributed by atoms with E-state index >= 15 is 0 Å². The highest BCUT2D eigenvalue weighted by Gasteiger charge is 2.22. The molecule has 0 spiro atoms. The third-order valence-corrected chi connectivity index (χ3v) is 3.19. The standard InChI is InChI=1S/C13H18N2O2/c1-4-15-9(2)8-14-11-7-10(13(16)17-3)5-6-12(11)15/h5-7,9,14H,4,8H2,1-3H3. The number of fused-ring (bicyclic) bond motifs is 1. The van der Waals surface area contributed by atoms with Crippen molar-refractivity contribution < 1.29 is 9.53 Å². The summed E-state index contributed by atoms with van der Waals surface area (Å²) in [4.78, 5) is 13.8. The van der Waals surface area contributed by atoms with E-state index in [1.54, 1.807) is 0 Å². The molecule has 0 bridgehead atoms. The van der Waals surface area contributed by atoms with Gasteiger partial charge < -0.3 is 15.0 Å². The maximum Gasteiger partial charge on any atom is 0.337 e. The van der Waals surface area contributed by atoms with E-state index < -0.39 is 0 Å². The van der Waals surface area contributed by atoms with Crippen LogP contribution >= 0.6 is 0 Å². The Morgan fingerprint density at radius 3 is 3.00 bits per heavy atom. The molecule has 1 N–H and O–H groups in total. The van der Waals surface area contributed by atoms with Gasteiger partial charge >= 0.3 is 5.97 Å². The number of carbonyl (C=O) groups excluding carboxylic acids is 1. The lowest BCUT2D eigenvalue weighted by Gasteiger charge is -2.37. The first-order chi connectivity index (χ1) is 8.17. The molecule has 1 aliphatic heterocycles. The van der Waals surface area contributed by atoms with Gasteiger partial charge in [0.05, 0.1) is 24.0 Å². The zero-order chi connectivity index (χ0) is 12.4. The van der Waals surface area contributed by atoms with Crippen LogP contribution in [0.4, 0.5) is 11.4 Å². The van der Waals surface area contributed by atoms with Gasteiger partial charge in [0.15, 0.2) is 0 Å². The van der Waals surface area contributed by atoms with E-state index in [0.717, 1.165) is 24.5 Å². The molecule has 1 aromatic carbocycles. The van der Waals surface area contributed by atoms with E-state index in [-0.39, 0.29) is 5.97 Å². The minimum absolute atomic E-state index is 0.295. The number of methoxy groups -OCH3 is 1. The van der Waals surface area contributed by atoms with Crippen molar-refractivity contribution >= 4 is 17.3 Å². The van der Waals surface area contributed by atoms with Gasteiger partial charge in [0.25, 0.3) is 0 Å². The van der Waals surface area contributed by atoms with Crippen LogP contribution in [0.3, 0.4) is 0 Å². The summed E-state index contributed by atoms with van der Waals surface area (Å²) < 4.78 is 4.72. The lowest BCUT2D eigenvalue weighted by Crippen LogP contribution is -2.41. The summed E-state index contributed by atoms with van der Waals surface area (Å²) in [6.45, 7) is 6.19. The molecule has 0 amide bonds. The van der Waals surface area contributed by atoms with Crippen molar-refractivity contribution in [1.82, 2.24) is 0 Å². The summed E-state index contributed by atoms with van der Waals surface area (Å²) in [5.41, 5.74) is 2.75. The largest absolute Gasteiger partial charge is 0.465 e. The number of hydrogen-bond donors (Lipinski definition) is 1. The first-order valence-electron chi connectivity index (χ1n) is 5.90. The molecule has 2 rings (SSSR count). The molecule has 0 saturated heterocycles. The van der Waals surface area contributed by atoms with Crippen LogP contribution in [-0.2, 0) is 4.74 Å².